The molecule has 0 unspecified atom stereocenters. The highest BCUT2D eigenvalue weighted by Crippen LogP contribution is 1.62. The lowest BCUT2D eigenvalue weighted by Gasteiger charge is -1.77. The van der Waals surface area contributed by atoms with Gasteiger partial charge in [0.05, 0.1) is 0 Å². The van der Waals surface area contributed by atoms with Crippen LogP contribution in [0, 0.1) is 0 Å². The molecule has 0 radical (unpaired) electrons. The number of primary amides is 1. The number of carbonyl (C=O) groups is 1. The second kappa shape index (κ2) is 5.33. The van der Waals surface area contributed by atoms with E-state index in [1.807, 2.05) is 0 Å². The third-order valence-electron chi connectivity index (χ3n) is 0.729. The van der Waals surface area contributed by atoms with E-state index in [1.54, 1.807) is 0 Å². The van der Waals surface area contributed by atoms with Crippen molar-refractivity contribution in [3.63, 3.8) is 0 Å². The Labute approximate surface area is 53.2 Å². The fourth-order valence-electron chi connectivity index (χ4n) is 0.442. The van der Waals surface area contributed by atoms with Gasteiger partial charge in [-0.2, -0.15) is 0 Å². The Kier molecular flexibility index (Phi) is 4.85. The summed E-state index contributed by atoms with van der Waals surface area (Å²) in [6, 6.07) is 0. The maximum absolute atomic E-state index is 8.78. The first-order chi connectivity index (χ1) is 4.23. The molecule has 0 aliphatic carbocycles. The number of carboxylic acid groups (broad SMARTS) is 1. The van der Waals surface area contributed by atoms with Gasteiger partial charge < -0.3 is 21.5 Å². The Bertz CT molecular complexity index is 70.3. The quantitative estimate of drug-likeness (QED) is 0.333. The van der Waals surface area contributed by atoms with E-state index in [0.29, 0.717) is 0 Å². The van der Waals surface area contributed by atoms with Crippen molar-refractivity contribution in [2.75, 3.05) is 19.8 Å². The van der Waals surface area contributed by atoms with E-state index in [4.69, 9.17) is 9.90 Å². The first kappa shape index (κ1) is 8.19. The van der Waals surface area contributed by atoms with Gasteiger partial charge in [-0.15, -0.1) is 0 Å². The molecule has 0 aromatic carbocycles. The number of amides is 1. The van der Waals surface area contributed by atoms with Gasteiger partial charge in [0.1, 0.15) is 0 Å². The number of rotatable bonds is 0. The lowest BCUT2D eigenvalue weighted by atomic mass is 10.7. The van der Waals surface area contributed by atoms with Gasteiger partial charge in [-0.25, -0.2) is 4.79 Å². The van der Waals surface area contributed by atoms with E-state index in [0.717, 1.165) is 19.8 Å². The van der Waals surface area contributed by atoms with Crippen molar-refractivity contribution in [3.8, 4) is 0 Å². The summed E-state index contributed by atoms with van der Waals surface area (Å²) in [5.41, 5.74) is 4.03. The number of hydrogen-bond acceptors (Lipinski definition) is 3. The molecule has 5 nitrogen and oxygen atoms in total. The molecule has 0 atom stereocenters. The average Bonchev–Trinajstić information content (AvgIpc) is 2.11. The first-order valence-electron chi connectivity index (χ1n) is 2.63. The molecule has 1 amide bonds. The molecule has 5 N–H and O–H groups in total. The molecule has 0 aromatic rings. The highest BCUT2D eigenvalue weighted by atomic mass is 16.4. The highest BCUT2D eigenvalue weighted by molar-refractivity contribution is 5.61. The van der Waals surface area contributed by atoms with E-state index < -0.39 is 6.09 Å². The van der Waals surface area contributed by atoms with E-state index in [-0.39, 0.29) is 0 Å². The summed E-state index contributed by atoms with van der Waals surface area (Å²) in [6.07, 6.45) is -1.33. The minimum atomic E-state index is -1.33. The highest BCUT2D eigenvalue weighted by Gasteiger charge is 1.90. The van der Waals surface area contributed by atoms with Crippen LogP contribution in [-0.2, 0) is 0 Å². The van der Waals surface area contributed by atoms with Crippen molar-refractivity contribution in [1.82, 2.24) is 10.6 Å². The second-order valence-corrected chi connectivity index (χ2v) is 1.52. The summed E-state index contributed by atoms with van der Waals surface area (Å²) in [7, 11) is 0. The van der Waals surface area contributed by atoms with Crippen LogP contribution in [0.4, 0.5) is 4.79 Å². The van der Waals surface area contributed by atoms with Gasteiger partial charge in [-0.05, 0) is 0 Å². The van der Waals surface area contributed by atoms with E-state index in [2.05, 4.69) is 16.4 Å². The second-order valence-electron chi connectivity index (χ2n) is 1.52. The Hall–Kier alpha value is -0.810. The van der Waals surface area contributed by atoms with Gasteiger partial charge in [0.2, 0.25) is 0 Å². The zero-order chi connectivity index (χ0) is 7.11. The molecule has 1 aliphatic rings. The molecule has 1 aliphatic heterocycles. The van der Waals surface area contributed by atoms with Gasteiger partial charge in [0, 0.05) is 19.8 Å². The van der Waals surface area contributed by atoms with Crippen molar-refractivity contribution in [1.29, 1.82) is 0 Å². The largest absolute Gasteiger partial charge is 0.465 e. The lowest BCUT2D eigenvalue weighted by Crippen LogP contribution is -2.11. The van der Waals surface area contributed by atoms with Crippen molar-refractivity contribution in [2.24, 2.45) is 5.73 Å². The summed E-state index contributed by atoms with van der Waals surface area (Å²) in [5, 5.41) is 13.4. The Morgan fingerprint density at radius 2 is 1.78 bits per heavy atom. The monoisotopic (exact) mass is 133 g/mol. The van der Waals surface area contributed by atoms with Crippen LogP contribution < -0.4 is 16.4 Å². The average molecular weight is 133 g/mol. The van der Waals surface area contributed by atoms with Crippen LogP contribution in [0.2, 0.25) is 0 Å². The zero-order valence-corrected chi connectivity index (χ0v) is 5.05. The molecule has 1 fully saturated rings. The van der Waals surface area contributed by atoms with Gasteiger partial charge in [0.15, 0.2) is 0 Å². The van der Waals surface area contributed by atoms with E-state index >= 15 is 0 Å². The van der Waals surface area contributed by atoms with Gasteiger partial charge >= 0.3 is 6.09 Å². The van der Waals surface area contributed by atoms with Crippen molar-refractivity contribution >= 4 is 6.09 Å². The molecule has 54 valence electrons. The number of nitrogens with two attached hydrogens (primary N) is 1. The first-order valence-corrected chi connectivity index (χ1v) is 2.63. The number of hydrogen-bond donors (Lipinski definition) is 4. The SMILES string of the molecule is C1CNCN1.NC(=O)O. The minimum Gasteiger partial charge on any atom is -0.465 e. The van der Waals surface area contributed by atoms with Gasteiger partial charge in [-0.3, -0.25) is 0 Å². The fraction of sp³-hybridized carbons (Fsp3) is 0.750. The Balaban J connectivity index is 0.000000148. The molecule has 0 aromatic heterocycles. The summed E-state index contributed by atoms with van der Waals surface area (Å²) in [6.45, 7) is 3.28. The predicted molar refractivity (Wildman–Crippen MR) is 33.1 cm³/mol. The summed E-state index contributed by atoms with van der Waals surface area (Å²) in [5.74, 6) is 0. The minimum absolute atomic E-state index is 1.00. The maximum Gasteiger partial charge on any atom is 0.402 e. The molecule has 1 heterocycles. The Morgan fingerprint density at radius 3 is 1.89 bits per heavy atom. The smallest absolute Gasteiger partial charge is 0.402 e. The van der Waals surface area contributed by atoms with E-state index in [9.17, 15) is 0 Å². The summed E-state index contributed by atoms with van der Waals surface area (Å²) >= 11 is 0. The summed E-state index contributed by atoms with van der Waals surface area (Å²) < 4.78 is 0. The van der Waals surface area contributed by atoms with Crippen LogP contribution in [0.3, 0.4) is 0 Å². The molecule has 0 saturated carbocycles. The van der Waals surface area contributed by atoms with Crippen LogP contribution in [0.5, 0.6) is 0 Å². The van der Waals surface area contributed by atoms with Crippen molar-refractivity contribution in [2.45, 2.75) is 0 Å². The number of nitrogens with one attached hydrogen (secondary N) is 2. The van der Waals surface area contributed by atoms with Crippen LogP contribution >= 0.6 is 0 Å². The molecular weight excluding hydrogens is 122 g/mol. The Morgan fingerprint density at radius 1 is 1.44 bits per heavy atom. The van der Waals surface area contributed by atoms with Gasteiger partial charge in [0.25, 0.3) is 0 Å². The third-order valence-corrected chi connectivity index (χ3v) is 0.729. The maximum atomic E-state index is 8.78. The molecule has 5 heteroatoms. The molecule has 1 saturated heterocycles. The van der Waals surface area contributed by atoms with Crippen LogP contribution in [-0.4, -0.2) is 31.0 Å². The molecule has 1 rings (SSSR count). The van der Waals surface area contributed by atoms with Crippen LogP contribution in [0.15, 0.2) is 0 Å². The van der Waals surface area contributed by atoms with Crippen molar-refractivity contribution in [3.05, 3.63) is 0 Å². The third kappa shape index (κ3) is 11.0. The van der Waals surface area contributed by atoms with Crippen molar-refractivity contribution < 1.29 is 9.90 Å². The molecule has 0 bridgehead atoms. The molecule has 9 heavy (non-hydrogen) atoms. The van der Waals surface area contributed by atoms with Crippen LogP contribution in [0.25, 0.3) is 0 Å². The van der Waals surface area contributed by atoms with Crippen LogP contribution in [0.1, 0.15) is 0 Å². The normalized spacial score (nSPS) is 16.0. The predicted octanol–water partition coefficient (Wildman–Crippen LogP) is -1.24. The summed E-state index contributed by atoms with van der Waals surface area (Å²) in [4.78, 5) is 8.78. The lowest BCUT2D eigenvalue weighted by molar-refractivity contribution is 0.205. The zero-order valence-electron chi connectivity index (χ0n) is 5.05. The van der Waals surface area contributed by atoms with Gasteiger partial charge in [-0.1, -0.05) is 0 Å². The topological polar surface area (TPSA) is 87.4 Å². The van der Waals surface area contributed by atoms with E-state index in [1.165, 1.54) is 0 Å². The molecular formula is C4H11N3O2. The standard InChI is InChI=1S/C3H8N2.CH3NO2/c1-2-5-3-4-1;2-1(3)4/h4-5H,1-3H2;2H2,(H,3,4). The molecule has 0 spiro atoms. The fourth-order valence-corrected chi connectivity index (χ4v) is 0.442.